The van der Waals surface area contributed by atoms with Gasteiger partial charge in [-0.2, -0.15) is 0 Å². The van der Waals surface area contributed by atoms with Gasteiger partial charge in [-0.15, -0.1) is 0 Å². The molecule has 4 rings (SSSR count). The molecule has 10 nitrogen and oxygen atoms in total. The number of amides is 1. The van der Waals surface area contributed by atoms with Crippen LogP contribution in [0.2, 0.25) is 0 Å². The summed E-state index contributed by atoms with van der Waals surface area (Å²) in [6.45, 7) is 2.34. The molecule has 1 amide bonds. The highest BCUT2D eigenvalue weighted by Crippen LogP contribution is 2.23. The van der Waals surface area contributed by atoms with Crippen molar-refractivity contribution in [3.8, 4) is 5.75 Å². The van der Waals surface area contributed by atoms with Crippen molar-refractivity contribution in [1.82, 2.24) is 15.3 Å². The van der Waals surface area contributed by atoms with Crippen molar-refractivity contribution in [3.05, 3.63) is 52.9 Å². The molecule has 0 bridgehead atoms. The van der Waals surface area contributed by atoms with Crippen molar-refractivity contribution in [2.24, 2.45) is 5.16 Å². The molecule has 3 unspecified atom stereocenters. The van der Waals surface area contributed by atoms with E-state index >= 15 is 0 Å². The second-order valence-electron chi connectivity index (χ2n) is 7.73. The molecule has 3 heterocycles. The Labute approximate surface area is 189 Å². The topological polar surface area (TPSA) is 124 Å². The van der Waals surface area contributed by atoms with Crippen molar-refractivity contribution in [3.63, 3.8) is 0 Å². The van der Waals surface area contributed by atoms with Crippen LogP contribution < -0.4 is 10.1 Å². The number of rotatable bonds is 7. The number of aliphatic hydroxyl groups excluding tert-OH is 1. The Kier molecular flexibility index (Phi) is 7.11. The lowest BCUT2D eigenvalue weighted by molar-refractivity contribution is -0.178. The Hall–Kier alpha value is -3.15. The van der Waals surface area contributed by atoms with E-state index in [1.165, 1.54) is 19.2 Å². The molecule has 0 aliphatic carbocycles. The van der Waals surface area contributed by atoms with E-state index in [-0.39, 0.29) is 49.5 Å². The summed E-state index contributed by atoms with van der Waals surface area (Å²) in [5.41, 5.74) is 1.93. The molecule has 0 radical (unpaired) electrons. The molecular weight excluding hydrogens is 435 g/mol. The van der Waals surface area contributed by atoms with E-state index in [1.54, 1.807) is 19.1 Å². The van der Waals surface area contributed by atoms with Gasteiger partial charge >= 0.3 is 0 Å². The predicted molar refractivity (Wildman–Crippen MR) is 113 cm³/mol. The zero-order valence-corrected chi connectivity index (χ0v) is 18.3. The van der Waals surface area contributed by atoms with Crippen molar-refractivity contribution < 1.29 is 33.3 Å². The minimum Gasteiger partial charge on any atom is -0.494 e. The van der Waals surface area contributed by atoms with Gasteiger partial charge in [-0.1, -0.05) is 11.2 Å². The highest BCUT2D eigenvalue weighted by Gasteiger charge is 2.35. The first-order chi connectivity index (χ1) is 16.0. The number of aliphatic hydroxyl groups is 1. The third-order valence-electron chi connectivity index (χ3n) is 5.34. The molecule has 2 aromatic rings. The van der Waals surface area contributed by atoms with Gasteiger partial charge in [-0.05, 0) is 30.7 Å². The Bertz CT molecular complexity index is 1040. The normalized spacial score (nSPS) is 22.4. The van der Waals surface area contributed by atoms with Crippen LogP contribution in [0.3, 0.4) is 0 Å². The summed E-state index contributed by atoms with van der Waals surface area (Å²) in [5, 5.41) is 16.0. The number of halogens is 1. The van der Waals surface area contributed by atoms with Gasteiger partial charge in [0, 0.05) is 13.0 Å². The number of aryl methyl sites for hydroxylation is 1. The second kappa shape index (κ2) is 10.2. The minimum atomic E-state index is -0.472. The second-order valence-corrected chi connectivity index (χ2v) is 7.73. The van der Waals surface area contributed by atoms with Gasteiger partial charge in [-0.3, -0.25) is 4.79 Å². The van der Waals surface area contributed by atoms with Crippen LogP contribution in [0.15, 0.2) is 29.4 Å². The number of benzene rings is 1. The standard InChI is InChI=1S/C22H25FN4O6/c1-12-25-16(17-7-20(33-27-17)21-11-31-14(9-28)10-32-21)6-18(26-12)22(29)24-8-13-3-4-15(23)19(5-13)30-2/h3-6,14,20-21,28H,7-11H2,1-2H3,(H,24,29). The Balaban J connectivity index is 1.39. The average Bonchev–Trinajstić information content (AvgIpc) is 3.33. The largest absolute Gasteiger partial charge is 0.494 e. The molecule has 33 heavy (non-hydrogen) atoms. The fourth-order valence-electron chi connectivity index (χ4n) is 3.54. The van der Waals surface area contributed by atoms with Crippen LogP contribution in [-0.2, 0) is 20.9 Å². The smallest absolute Gasteiger partial charge is 0.270 e. The van der Waals surface area contributed by atoms with Gasteiger partial charge in [0.2, 0.25) is 0 Å². The lowest BCUT2D eigenvalue weighted by Crippen LogP contribution is -2.43. The SMILES string of the molecule is COc1cc(CNC(=O)c2cc(C3=NOC(C4COC(CO)CO4)C3)nc(C)n2)ccc1F. The van der Waals surface area contributed by atoms with Crippen molar-refractivity contribution in [2.45, 2.75) is 38.2 Å². The zero-order valence-electron chi connectivity index (χ0n) is 18.3. The molecule has 3 atom stereocenters. The molecule has 0 spiro atoms. The Morgan fingerprint density at radius 2 is 2.09 bits per heavy atom. The van der Waals surface area contributed by atoms with Crippen LogP contribution in [0.4, 0.5) is 4.39 Å². The highest BCUT2D eigenvalue weighted by molar-refractivity contribution is 6.02. The summed E-state index contributed by atoms with van der Waals surface area (Å²) >= 11 is 0. The first-order valence-corrected chi connectivity index (χ1v) is 10.5. The maximum Gasteiger partial charge on any atom is 0.270 e. The number of carbonyl (C=O) groups excluding carboxylic acids is 1. The number of hydrogen-bond acceptors (Lipinski definition) is 9. The fourth-order valence-corrected chi connectivity index (χ4v) is 3.54. The van der Waals surface area contributed by atoms with Crippen molar-refractivity contribution in [2.75, 3.05) is 26.9 Å². The molecule has 1 aromatic carbocycles. The minimum absolute atomic E-state index is 0.0975. The third-order valence-corrected chi connectivity index (χ3v) is 5.34. The van der Waals surface area contributed by atoms with Crippen molar-refractivity contribution >= 4 is 11.6 Å². The summed E-state index contributed by atoms with van der Waals surface area (Å²) in [5.74, 6) is -0.356. The Morgan fingerprint density at radius 1 is 1.24 bits per heavy atom. The van der Waals surface area contributed by atoms with Gasteiger partial charge < -0.3 is 29.5 Å². The van der Waals surface area contributed by atoms with E-state index in [1.807, 2.05) is 0 Å². The number of hydrogen-bond donors (Lipinski definition) is 2. The van der Waals surface area contributed by atoms with E-state index in [4.69, 9.17) is 24.2 Å². The van der Waals surface area contributed by atoms with Crippen LogP contribution in [-0.4, -0.2) is 71.9 Å². The summed E-state index contributed by atoms with van der Waals surface area (Å²) in [6, 6.07) is 5.93. The molecule has 0 saturated carbocycles. The quantitative estimate of drug-likeness (QED) is 0.630. The molecular formula is C22H25FN4O6. The molecule has 2 aliphatic rings. The average molecular weight is 460 g/mol. The molecule has 11 heteroatoms. The predicted octanol–water partition coefficient (Wildman–Crippen LogP) is 1.13. The van der Waals surface area contributed by atoms with Crippen LogP contribution in [0, 0.1) is 12.7 Å². The van der Waals surface area contributed by atoms with Crippen molar-refractivity contribution in [1.29, 1.82) is 0 Å². The van der Waals surface area contributed by atoms with Gasteiger partial charge in [0.05, 0.1) is 32.6 Å². The van der Waals surface area contributed by atoms with Crippen LogP contribution >= 0.6 is 0 Å². The summed E-state index contributed by atoms with van der Waals surface area (Å²) < 4.78 is 29.8. The molecule has 176 valence electrons. The molecule has 2 N–H and O–H groups in total. The lowest BCUT2D eigenvalue weighted by Gasteiger charge is -2.30. The summed E-state index contributed by atoms with van der Waals surface area (Å²) in [7, 11) is 1.38. The maximum absolute atomic E-state index is 13.6. The number of nitrogens with zero attached hydrogens (tertiary/aromatic N) is 3. The monoisotopic (exact) mass is 460 g/mol. The number of ether oxygens (including phenoxy) is 3. The summed E-state index contributed by atoms with van der Waals surface area (Å²) in [6.07, 6.45) is -0.553. The molecule has 1 aromatic heterocycles. The number of carbonyl (C=O) groups is 1. The van der Waals surface area contributed by atoms with Crippen LogP contribution in [0.1, 0.15) is 34.0 Å². The van der Waals surface area contributed by atoms with E-state index in [2.05, 4.69) is 20.4 Å². The molecule has 1 saturated heterocycles. The summed E-state index contributed by atoms with van der Waals surface area (Å²) in [4.78, 5) is 26.8. The molecule has 1 fully saturated rings. The fraction of sp³-hybridized carbons (Fsp3) is 0.455. The maximum atomic E-state index is 13.6. The van der Waals surface area contributed by atoms with E-state index in [0.717, 1.165) is 0 Å². The number of methoxy groups -OCH3 is 1. The number of aromatic nitrogens is 2. The Morgan fingerprint density at radius 3 is 2.82 bits per heavy atom. The van der Waals surface area contributed by atoms with E-state index in [0.29, 0.717) is 35.8 Å². The third kappa shape index (κ3) is 5.44. The van der Waals surface area contributed by atoms with Gasteiger partial charge in [0.15, 0.2) is 17.7 Å². The highest BCUT2D eigenvalue weighted by atomic mass is 19.1. The van der Waals surface area contributed by atoms with Crippen LogP contribution in [0.25, 0.3) is 0 Å². The van der Waals surface area contributed by atoms with Crippen LogP contribution in [0.5, 0.6) is 5.75 Å². The van der Waals surface area contributed by atoms with Gasteiger partial charge in [-0.25, -0.2) is 14.4 Å². The number of oxime groups is 1. The van der Waals surface area contributed by atoms with Gasteiger partial charge in [0.1, 0.15) is 29.4 Å². The van der Waals surface area contributed by atoms with E-state index < -0.39 is 11.7 Å². The van der Waals surface area contributed by atoms with Gasteiger partial charge in [0.25, 0.3) is 5.91 Å². The molecule has 2 aliphatic heterocycles. The number of nitrogens with one attached hydrogen (secondary N) is 1. The first-order valence-electron chi connectivity index (χ1n) is 10.5. The lowest BCUT2D eigenvalue weighted by atomic mass is 10.0. The zero-order chi connectivity index (χ0) is 23.4. The van der Waals surface area contributed by atoms with E-state index in [9.17, 15) is 9.18 Å². The first kappa shape index (κ1) is 23.0.